The van der Waals surface area contributed by atoms with Crippen LogP contribution in [-0.4, -0.2) is 21.9 Å². The third-order valence-electron chi connectivity index (χ3n) is 3.84. The van der Waals surface area contributed by atoms with Crippen LogP contribution in [0.15, 0.2) is 40.1 Å². The standard InChI is InChI=1S/C18H20N4OS3/c1-11-6-7-14(9-12(11)2)20-17-21-22-18(26-17)25-10-16(23)19-13(3)15-5-4-8-24-15/h4-9,13H,10H2,1-3H3,(H,19,23)(H,20,21)/t13-/m1/s1. The van der Waals surface area contributed by atoms with Gasteiger partial charge < -0.3 is 10.6 Å². The molecule has 0 bridgehead atoms. The molecule has 0 unspecified atom stereocenters. The molecule has 136 valence electrons. The highest BCUT2D eigenvalue weighted by Crippen LogP contribution is 2.28. The third kappa shape index (κ3) is 5.06. The number of carbonyl (C=O) groups excluding carboxylic acids is 1. The number of aromatic nitrogens is 2. The highest BCUT2D eigenvalue weighted by atomic mass is 32.2. The Hall–Kier alpha value is -1.90. The smallest absolute Gasteiger partial charge is 0.230 e. The molecule has 0 aliphatic carbocycles. The van der Waals surface area contributed by atoms with Crippen LogP contribution < -0.4 is 10.6 Å². The SMILES string of the molecule is Cc1ccc(Nc2nnc(SCC(=O)N[C@H](C)c3cccs3)s2)cc1C. The van der Waals surface area contributed by atoms with Crippen LogP contribution in [0.3, 0.4) is 0 Å². The minimum Gasteiger partial charge on any atom is -0.348 e. The van der Waals surface area contributed by atoms with Crippen molar-refractivity contribution in [3.8, 4) is 0 Å². The number of aryl methyl sites for hydroxylation is 2. The molecule has 0 saturated heterocycles. The fourth-order valence-electron chi connectivity index (χ4n) is 2.28. The van der Waals surface area contributed by atoms with Gasteiger partial charge >= 0.3 is 0 Å². The Morgan fingerprint density at radius 3 is 2.81 bits per heavy atom. The van der Waals surface area contributed by atoms with Crippen LogP contribution in [0.5, 0.6) is 0 Å². The summed E-state index contributed by atoms with van der Waals surface area (Å²) in [5.74, 6) is 0.323. The number of hydrogen-bond acceptors (Lipinski definition) is 7. The summed E-state index contributed by atoms with van der Waals surface area (Å²) in [4.78, 5) is 13.3. The lowest BCUT2D eigenvalue weighted by Crippen LogP contribution is -2.27. The summed E-state index contributed by atoms with van der Waals surface area (Å²) in [5, 5.41) is 17.3. The Kier molecular flexibility index (Phi) is 6.29. The lowest BCUT2D eigenvalue weighted by molar-refractivity contribution is -0.119. The number of rotatable bonds is 7. The summed E-state index contributed by atoms with van der Waals surface area (Å²) < 4.78 is 0.773. The summed E-state index contributed by atoms with van der Waals surface area (Å²) in [6, 6.07) is 10.2. The Balaban J connectivity index is 1.50. The highest BCUT2D eigenvalue weighted by molar-refractivity contribution is 8.01. The molecule has 0 aliphatic rings. The lowest BCUT2D eigenvalue weighted by atomic mass is 10.1. The van der Waals surface area contributed by atoms with Gasteiger partial charge in [0.15, 0.2) is 4.34 Å². The van der Waals surface area contributed by atoms with E-state index in [0.717, 1.165) is 20.0 Å². The largest absolute Gasteiger partial charge is 0.348 e. The van der Waals surface area contributed by atoms with Gasteiger partial charge in [0.05, 0.1) is 11.8 Å². The van der Waals surface area contributed by atoms with Gasteiger partial charge in [-0.05, 0) is 55.5 Å². The molecule has 0 fully saturated rings. The van der Waals surface area contributed by atoms with Gasteiger partial charge in [0.2, 0.25) is 11.0 Å². The number of benzene rings is 1. The van der Waals surface area contributed by atoms with Crippen LogP contribution >= 0.6 is 34.4 Å². The van der Waals surface area contributed by atoms with Gasteiger partial charge in [-0.15, -0.1) is 21.5 Å². The molecule has 8 heteroatoms. The second-order valence-corrected chi connectivity index (χ2v) is 9.07. The zero-order valence-corrected chi connectivity index (χ0v) is 17.2. The second kappa shape index (κ2) is 8.66. The van der Waals surface area contributed by atoms with E-state index in [1.54, 1.807) is 11.3 Å². The molecule has 0 radical (unpaired) electrons. The first-order valence-electron chi connectivity index (χ1n) is 8.14. The number of carbonyl (C=O) groups is 1. The zero-order valence-electron chi connectivity index (χ0n) is 14.8. The fourth-order valence-corrected chi connectivity index (χ4v) is 4.60. The molecule has 2 heterocycles. The first-order chi connectivity index (χ1) is 12.5. The number of anilines is 2. The van der Waals surface area contributed by atoms with Crippen LogP contribution in [0.4, 0.5) is 10.8 Å². The monoisotopic (exact) mass is 404 g/mol. The normalized spacial score (nSPS) is 12.0. The van der Waals surface area contributed by atoms with Crippen molar-refractivity contribution in [2.75, 3.05) is 11.1 Å². The van der Waals surface area contributed by atoms with Crippen LogP contribution in [-0.2, 0) is 4.79 Å². The summed E-state index contributed by atoms with van der Waals surface area (Å²) in [5.41, 5.74) is 3.47. The molecule has 0 saturated carbocycles. The van der Waals surface area contributed by atoms with Gasteiger partial charge in [-0.3, -0.25) is 4.79 Å². The van der Waals surface area contributed by atoms with E-state index >= 15 is 0 Å². The molecule has 5 nitrogen and oxygen atoms in total. The van der Waals surface area contributed by atoms with E-state index in [9.17, 15) is 4.79 Å². The molecule has 1 amide bonds. The van der Waals surface area contributed by atoms with E-state index in [4.69, 9.17) is 0 Å². The predicted octanol–water partition coefficient (Wildman–Crippen LogP) is 4.93. The zero-order chi connectivity index (χ0) is 18.5. The Labute approximate surface area is 165 Å². The number of nitrogens with one attached hydrogen (secondary N) is 2. The van der Waals surface area contributed by atoms with Gasteiger partial charge in [-0.2, -0.15) is 0 Å². The number of thiophene rings is 1. The molecular weight excluding hydrogens is 384 g/mol. The topological polar surface area (TPSA) is 66.9 Å². The summed E-state index contributed by atoms with van der Waals surface area (Å²) in [6.45, 7) is 6.16. The van der Waals surface area contributed by atoms with E-state index in [2.05, 4.69) is 46.8 Å². The van der Waals surface area contributed by atoms with Crippen molar-refractivity contribution in [1.82, 2.24) is 15.5 Å². The maximum absolute atomic E-state index is 12.1. The van der Waals surface area contributed by atoms with Crippen molar-refractivity contribution >= 4 is 51.2 Å². The van der Waals surface area contributed by atoms with Gasteiger partial charge in [0.1, 0.15) is 0 Å². The molecule has 0 aliphatic heterocycles. The molecular formula is C18H20N4OS3. The van der Waals surface area contributed by atoms with E-state index in [1.807, 2.05) is 30.5 Å². The van der Waals surface area contributed by atoms with Crippen LogP contribution in [0.25, 0.3) is 0 Å². The average Bonchev–Trinajstić information content (AvgIpc) is 3.28. The highest BCUT2D eigenvalue weighted by Gasteiger charge is 2.12. The first-order valence-corrected chi connectivity index (χ1v) is 10.8. The molecule has 3 rings (SSSR count). The fraction of sp³-hybridized carbons (Fsp3) is 0.278. The summed E-state index contributed by atoms with van der Waals surface area (Å²) in [6.07, 6.45) is 0. The molecule has 26 heavy (non-hydrogen) atoms. The minimum atomic E-state index is -0.00484. The van der Waals surface area contributed by atoms with Gasteiger partial charge in [-0.25, -0.2) is 0 Å². The molecule has 3 aromatic rings. The molecule has 2 N–H and O–H groups in total. The Bertz CT molecular complexity index is 876. The minimum absolute atomic E-state index is 0.00484. The molecule has 2 aromatic heterocycles. The number of hydrogen-bond donors (Lipinski definition) is 2. The van der Waals surface area contributed by atoms with Crippen molar-refractivity contribution in [3.63, 3.8) is 0 Å². The van der Waals surface area contributed by atoms with Gasteiger partial charge in [0, 0.05) is 10.6 Å². The number of nitrogens with zero attached hydrogens (tertiary/aromatic N) is 2. The van der Waals surface area contributed by atoms with E-state index < -0.39 is 0 Å². The molecule has 0 spiro atoms. The Morgan fingerprint density at radius 2 is 2.08 bits per heavy atom. The van der Waals surface area contributed by atoms with Crippen molar-refractivity contribution in [3.05, 3.63) is 51.7 Å². The van der Waals surface area contributed by atoms with Crippen molar-refractivity contribution in [2.24, 2.45) is 0 Å². The van der Waals surface area contributed by atoms with E-state index in [0.29, 0.717) is 5.75 Å². The molecule has 1 atom stereocenters. The van der Waals surface area contributed by atoms with E-state index in [1.165, 1.54) is 34.2 Å². The number of thioether (sulfide) groups is 1. The third-order valence-corrected chi connectivity index (χ3v) is 6.87. The summed E-state index contributed by atoms with van der Waals surface area (Å²) in [7, 11) is 0. The predicted molar refractivity (Wildman–Crippen MR) is 111 cm³/mol. The second-order valence-electron chi connectivity index (χ2n) is 5.89. The lowest BCUT2D eigenvalue weighted by Gasteiger charge is -2.11. The Morgan fingerprint density at radius 1 is 1.23 bits per heavy atom. The van der Waals surface area contributed by atoms with Gasteiger partial charge in [0.25, 0.3) is 0 Å². The van der Waals surface area contributed by atoms with Gasteiger partial charge in [-0.1, -0.05) is 35.2 Å². The van der Waals surface area contributed by atoms with Crippen molar-refractivity contribution in [2.45, 2.75) is 31.2 Å². The maximum atomic E-state index is 12.1. The summed E-state index contributed by atoms with van der Waals surface area (Å²) >= 11 is 4.49. The van der Waals surface area contributed by atoms with Crippen LogP contribution in [0.1, 0.15) is 29.0 Å². The van der Waals surface area contributed by atoms with Crippen LogP contribution in [0.2, 0.25) is 0 Å². The maximum Gasteiger partial charge on any atom is 0.230 e. The van der Waals surface area contributed by atoms with E-state index in [-0.39, 0.29) is 11.9 Å². The van der Waals surface area contributed by atoms with Crippen molar-refractivity contribution < 1.29 is 4.79 Å². The molecule has 1 aromatic carbocycles. The first kappa shape index (κ1) is 18.9. The van der Waals surface area contributed by atoms with Crippen LogP contribution in [0, 0.1) is 13.8 Å². The van der Waals surface area contributed by atoms with Crippen molar-refractivity contribution in [1.29, 1.82) is 0 Å². The number of amides is 1. The average molecular weight is 405 g/mol. The quantitative estimate of drug-likeness (QED) is 0.547.